The van der Waals surface area contributed by atoms with Crippen LogP contribution in [0.2, 0.25) is 0 Å². The zero-order valence-corrected chi connectivity index (χ0v) is 21.7. The third kappa shape index (κ3) is 5.83. The number of carboxylic acids is 3. The van der Waals surface area contributed by atoms with Crippen molar-refractivity contribution in [2.75, 3.05) is 17.2 Å². The Balaban J connectivity index is 0.000000220. The van der Waals surface area contributed by atoms with Crippen LogP contribution in [0.15, 0.2) is 48.7 Å². The second-order valence-corrected chi connectivity index (χ2v) is 9.51. The number of benzene rings is 2. The van der Waals surface area contributed by atoms with Gasteiger partial charge in [-0.25, -0.2) is 23.7 Å². The molecule has 0 atom stereocenters. The quantitative estimate of drug-likeness (QED) is 0.211. The second-order valence-electron chi connectivity index (χ2n) is 9.51. The maximum atomic E-state index is 11.0. The molecule has 0 saturated heterocycles. The summed E-state index contributed by atoms with van der Waals surface area (Å²) in [6.45, 7) is 6.01. The highest BCUT2D eigenvalue weighted by Gasteiger charge is 2.24. The number of nitrogen functional groups attached to an aromatic ring is 3. The molecule has 9 N–H and O–H groups in total. The molecule has 0 saturated carbocycles. The maximum absolute atomic E-state index is 11.0. The van der Waals surface area contributed by atoms with Crippen molar-refractivity contribution in [3.8, 4) is 17.4 Å². The molecule has 206 valence electrons. The second kappa shape index (κ2) is 10.9. The highest BCUT2D eigenvalue weighted by atomic mass is 16.4. The van der Waals surface area contributed by atoms with Crippen LogP contribution in [0.1, 0.15) is 63.1 Å². The van der Waals surface area contributed by atoms with Crippen molar-refractivity contribution in [3.63, 3.8) is 0 Å². The molecule has 0 bridgehead atoms. The summed E-state index contributed by atoms with van der Waals surface area (Å²) in [5, 5.41) is 43.9. The molecule has 4 rings (SSSR count). The molecule has 2 aromatic heterocycles. The van der Waals surface area contributed by atoms with E-state index in [0.717, 1.165) is 16.4 Å². The molecule has 14 heteroatoms. The predicted molar refractivity (Wildman–Crippen MR) is 145 cm³/mol. The van der Waals surface area contributed by atoms with Gasteiger partial charge in [-0.05, 0) is 42.5 Å². The van der Waals surface area contributed by atoms with Crippen LogP contribution < -0.4 is 17.2 Å². The van der Waals surface area contributed by atoms with Crippen LogP contribution in [0, 0.1) is 11.3 Å². The van der Waals surface area contributed by atoms with Crippen LogP contribution in [0.25, 0.3) is 11.4 Å². The first-order valence-electron chi connectivity index (χ1n) is 11.5. The predicted octanol–water partition coefficient (Wildman–Crippen LogP) is 2.75. The van der Waals surface area contributed by atoms with Crippen molar-refractivity contribution in [1.29, 1.82) is 5.26 Å². The Kier molecular flexibility index (Phi) is 7.81. The molecular weight excluding hydrogens is 520 g/mol. The van der Waals surface area contributed by atoms with E-state index in [-0.39, 0.29) is 39.2 Å². The first-order chi connectivity index (χ1) is 18.6. The Bertz CT molecular complexity index is 1620. The number of rotatable bonds is 5. The summed E-state index contributed by atoms with van der Waals surface area (Å²) in [5.74, 6) is -3.16. The Labute approximate surface area is 227 Å². The van der Waals surface area contributed by atoms with Gasteiger partial charge in [0.1, 0.15) is 17.5 Å². The highest BCUT2D eigenvalue weighted by molar-refractivity contribution is 5.95. The van der Waals surface area contributed by atoms with E-state index in [2.05, 4.69) is 10.2 Å². The molecule has 0 fully saturated rings. The summed E-state index contributed by atoms with van der Waals surface area (Å²) in [6, 6.07) is 11.6. The number of anilines is 3. The van der Waals surface area contributed by atoms with E-state index in [9.17, 15) is 14.4 Å². The number of carboxylic acid groups (broad SMARTS) is 3. The van der Waals surface area contributed by atoms with E-state index >= 15 is 0 Å². The van der Waals surface area contributed by atoms with Crippen molar-refractivity contribution in [2.24, 2.45) is 0 Å². The van der Waals surface area contributed by atoms with Crippen molar-refractivity contribution in [1.82, 2.24) is 19.6 Å². The number of hydrogen-bond donors (Lipinski definition) is 6. The third-order valence-corrected chi connectivity index (χ3v) is 5.61. The lowest BCUT2D eigenvalue weighted by atomic mass is 9.91. The van der Waals surface area contributed by atoms with Gasteiger partial charge in [0.25, 0.3) is 0 Å². The summed E-state index contributed by atoms with van der Waals surface area (Å²) in [5.41, 5.74) is 19.4. The molecule has 2 heterocycles. The molecule has 40 heavy (non-hydrogen) atoms. The minimum Gasteiger partial charge on any atom is -0.478 e. The third-order valence-electron chi connectivity index (χ3n) is 5.61. The summed E-state index contributed by atoms with van der Waals surface area (Å²) >= 11 is 0. The lowest BCUT2D eigenvalue weighted by molar-refractivity contribution is 0.0682. The van der Waals surface area contributed by atoms with Gasteiger partial charge in [0, 0.05) is 5.41 Å². The van der Waals surface area contributed by atoms with Gasteiger partial charge in [0.2, 0.25) is 0 Å². The molecule has 0 aliphatic rings. The van der Waals surface area contributed by atoms with Crippen molar-refractivity contribution >= 4 is 35.2 Å². The monoisotopic (exact) mass is 546 g/mol. The fourth-order valence-electron chi connectivity index (χ4n) is 3.57. The zero-order chi connectivity index (χ0) is 29.9. The fourth-order valence-corrected chi connectivity index (χ4v) is 3.57. The highest BCUT2D eigenvalue weighted by Crippen LogP contribution is 2.32. The summed E-state index contributed by atoms with van der Waals surface area (Å²) < 4.78 is 2.64. The molecule has 0 unspecified atom stereocenters. The summed E-state index contributed by atoms with van der Waals surface area (Å²) in [7, 11) is 0. The van der Waals surface area contributed by atoms with Gasteiger partial charge in [-0.15, -0.1) is 0 Å². The van der Waals surface area contributed by atoms with Gasteiger partial charge in [-0.3, -0.25) is 0 Å². The van der Waals surface area contributed by atoms with Crippen LogP contribution in [-0.4, -0.2) is 52.8 Å². The number of nitriles is 1. The van der Waals surface area contributed by atoms with Crippen LogP contribution in [0.4, 0.5) is 17.3 Å². The first-order valence-corrected chi connectivity index (χ1v) is 11.5. The first kappa shape index (κ1) is 28.7. The molecule has 0 spiro atoms. The number of aromatic nitrogens is 4. The Morgan fingerprint density at radius 2 is 1.32 bits per heavy atom. The average molecular weight is 547 g/mol. The smallest absolute Gasteiger partial charge is 0.335 e. The lowest BCUT2D eigenvalue weighted by Gasteiger charge is -2.15. The fraction of sp³-hybridized carbons (Fsp3) is 0.154. The van der Waals surface area contributed by atoms with E-state index in [1.165, 1.54) is 35.1 Å². The number of hydrogen-bond acceptors (Lipinski definition) is 9. The van der Waals surface area contributed by atoms with Gasteiger partial charge in [-0.1, -0.05) is 20.8 Å². The average Bonchev–Trinajstić information content (AvgIpc) is 3.42. The maximum Gasteiger partial charge on any atom is 0.335 e. The Morgan fingerprint density at radius 3 is 1.73 bits per heavy atom. The van der Waals surface area contributed by atoms with Crippen LogP contribution in [0.5, 0.6) is 0 Å². The summed E-state index contributed by atoms with van der Waals surface area (Å²) in [4.78, 5) is 32.8. The van der Waals surface area contributed by atoms with E-state index in [4.69, 9.17) is 37.8 Å². The van der Waals surface area contributed by atoms with Crippen molar-refractivity contribution in [3.05, 3.63) is 76.6 Å². The normalized spacial score (nSPS) is 10.8. The Morgan fingerprint density at radius 1 is 0.800 bits per heavy atom. The molecule has 0 aliphatic heterocycles. The van der Waals surface area contributed by atoms with Crippen LogP contribution in [-0.2, 0) is 5.41 Å². The standard InChI is InChI=1S/C14H18N4O2.C12H8N4O4/c1-14(2,3)11-10(15)12(16)18(17-11)9-6-4-8(5-7-9)13(19)20;13-4-8-5-15-16(10(8)14)9-2-6(11(17)18)1-7(3-9)12(19)20/h4-7H,15-16H2,1-3H3,(H,19,20);1-3,5H,14H2,(H,17,18)(H,19,20). The van der Waals surface area contributed by atoms with Gasteiger partial charge in [-0.2, -0.15) is 15.5 Å². The van der Waals surface area contributed by atoms with E-state index in [1.54, 1.807) is 12.1 Å². The van der Waals surface area contributed by atoms with E-state index in [1.807, 2.05) is 26.8 Å². The summed E-state index contributed by atoms with van der Waals surface area (Å²) in [6.07, 6.45) is 1.21. The molecule has 0 radical (unpaired) electrons. The minimum atomic E-state index is -1.28. The van der Waals surface area contributed by atoms with Gasteiger partial charge in [0.05, 0.1) is 45.6 Å². The number of nitrogens with zero attached hydrogens (tertiary/aromatic N) is 5. The van der Waals surface area contributed by atoms with Gasteiger partial charge < -0.3 is 32.5 Å². The Hall–Kier alpha value is -5.84. The van der Waals surface area contributed by atoms with Crippen molar-refractivity contribution < 1.29 is 29.7 Å². The number of carbonyl (C=O) groups is 3. The van der Waals surface area contributed by atoms with Gasteiger partial charge in [0.15, 0.2) is 5.82 Å². The largest absolute Gasteiger partial charge is 0.478 e. The number of nitrogens with two attached hydrogens (primary N) is 3. The topological polar surface area (TPSA) is 249 Å². The minimum absolute atomic E-state index is 0.00591. The molecule has 0 amide bonds. The molecule has 2 aromatic carbocycles. The van der Waals surface area contributed by atoms with Crippen molar-refractivity contribution in [2.45, 2.75) is 26.2 Å². The molecule has 4 aromatic rings. The van der Waals surface area contributed by atoms with Crippen LogP contribution in [0.3, 0.4) is 0 Å². The lowest BCUT2D eigenvalue weighted by Crippen LogP contribution is -2.14. The van der Waals surface area contributed by atoms with Crippen LogP contribution >= 0.6 is 0 Å². The molecule has 0 aliphatic carbocycles. The number of aromatic carboxylic acids is 3. The van der Waals surface area contributed by atoms with Gasteiger partial charge >= 0.3 is 17.9 Å². The zero-order valence-electron chi connectivity index (χ0n) is 21.7. The van der Waals surface area contributed by atoms with E-state index < -0.39 is 17.9 Å². The SMILES string of the molecule is CC(C)(C)c1nn(-c2ccc(C(=O)O)cc2)c(N)c1N.N#Cc1cnn(-c2cc(C(=O)O)cc(C(=O)O)c2)c1N. The molecule has 14 nitrogen and oxygen atoms in total. The van der Waals surface area contributed by atoms with E-state index in [0.29, 0.717) is 17.2 Å². The molecular formula is C26H26N8O6.